The van der Waals surface area contributed by atoms with Crippen LogP contribution in [0.1, 0.15) is 13.3 Å². The van der Waals surface area contributed by atoms with Crippen molar-refractivity contribution in [2.45, 2.75) is 13.3 Å². The molecule has 0 saturated carbocycles. The minimum atomic E-state index is 0.505. The minimum Gasteiger partial charge on any atom is -0.354 e. The molecule has 0 fully saturated rings. The molecule has 19 heavy (non-hydrogen) atoms. The van der Waals surface area contributed by atoms with Crippen molar-refractivity contribution in [3.63, 3.8) is 0 Å². The van der Waals surface area contributed by atoms with Gasteiger partial charge in [0.15, 0.2) is 0 Å². The van der Waals surface area contributed by atoms with E-state index in [1.807, 2.05) is 6.07 Å². The molecule has 2 rings (SSSR count). The maximum absolute atomic E-state index is 5.96. The number of rotatable bonds is 5. The molecule has 1 heterocycles. The van der Waals surface area contributed by atoms with Gasteiger partial charge < -0.3 is 10.6 Å². The normalized spacial score (nSPS) is 10.3. The largest absolute Gasteiger partial charge is 0.354 e. The Hall–Kier alpha value is -1.52. The van der Waals surface area contributed by atoms with E-state index >= 15 is 0 Å². The van der Waals surface area contributed by atoms with Gasteiger partial charge in [-0.2, -0.15) is 4.98 Å². The second-order valence-electron chi connectivity index (χ2n) is 3.95. The molecule has 0 aliphatic carbocycles. The van der Waals surface area contributed by atoms with E-state index in [2.05, 4.69) is 27.5 Å². The molecule has 0 spiro atoms. The molecule has 4 nitrogen and oxygen atoms in total. The van der Waals surface area contributed by atoms with E-state index < -0.39 is 0 Å². The van der Waals surface area contributed by atoms with Crippen molar-refractivity contribution < 1.29 is 0 Å². The molecule has 0 unspecified atom stereocenters. The topological polar surface area (TPSA) is 49.8 Å². The average Bonchev–Trinajstić information content (AvgIpc) is 2.41. The second kappa shape index (κ2) is 6.59. The van der Waals surface area contributed by atoms with Crippen LogP contribution in [-0.4, -0.2) is 16.5 Å². The lowest BCUT2D eigenvalue weighted by Gasteiger charge is -2.08. The average molecular weight is 297 g/mol. The summed E-state index contributed by atoms with van der Waals surface area (Å²) in [6.07, 6.45) is 2.72. The lowest BCUT2D eigenvalue weighted by Crippen LogP contribution is -2.05. The van der Waals surface area contributed by atoms with Gasteiger partial charge in [-0.05, 0) is 30.7 Å². The third-order valence-electron chi connectivity index (χ3n) is 2.38. The molecule has 0 aliphatic rings. The van der Waals surface area contributed by atoms with Crippen LogP contribution in [0.2, 0.25) is 10.0 Å². The number of nitrogens with zero attached hydrogens (tertiary/aromatic N) is 2. The predicted octanol–water partition coefficient (Wildman–Crippen LogP) is 4.35. The molecular weight excluding hydrogens is 283 g/mol. The second-order valence-corrected chi connectivity index (χ2v) is 4.76. The first kappa shape index (κ1) is 13.9. The molecule has 0 radical (unpaired) electrons. The van der Waals surface area contributed by atoms with Crippen molar-refractivity contribution in [2.24, 2.45) is 0 Å². The van der Waals surface area contributed by atoms with Gasteiger partial charge in [0.2, 0.25) is 5.95 Å². The van der Waals surface area contributed by atoms with Gasteiger partial charge in [0.25, 0.3) is 0 Å². The summed E-state index contributed by atoms with van der Waals surface area (Å²) in [6.45, 7) is 2.93. The van der Waals surface area contributed by atoms with Crippen LogP contribution in [0.5, 0.6) is 0 Å². The Kier molecular flexibility index (Phi) is 4.82. The van der Waals surface area contributed by atoms with Crippen molar-refractivity contribution in [1.29, 1.82) is 0 Å². The summed E-state index contributed by atoms with van der Waals surface area (Å²) in [5, 5.41) is 7.32. The predicted molar refractivity (Wildman–Crippen MR) is 80.6 cm³/mol. The van der Waals surface area contributed by atoms with Gasteiger partial charge in [0.05, 0.1) is 10.0 Å². The van der Waals surface area contributed by atoms with E-state index in [-0.39, 0.29) is 0 Å². The van der Waals surface area contributed by atoms with Crippen molar-refractivity contribution in [3.8, 4) is 0 Å². The standard InChI is InChI=1S/C13H14Cl2N4/c1-2-6-16-13-17-7-5-12(19-13)18-9-3-4-10(14)11(15)8-9/h3-5,7-8H,2,6H2,1H3,(H2,16,17,18,19). The molecule has 0 amide bonds. The summed E-state index contributed by atoms with van der Waals surface area (Å²) in [5.41, 5.74) is 0.828. The minimum absolute atomic E-state index is 0.505. The fourth-order valence-electron chi connectivity index (χ4n) is 1.47. The van der Waals surface area contributed by atoms with Gasteiger partial charge in [-0.1, -0.05) is 30.1 Å². The molecule has 0 bridgehead atoms. The number of hydrogen-bond acceptors (Lipinski definition) is 4. The van der Waals surface area contributed by atoms with Crippen LogP contribution < -0.4 is 10.6 Å². The smallest absolute Gasteiger partial charge is 0.224 e. The molecule has 2 aromatic rings. The molecule has 6 heteroatoms. The van der Waals surface area contributed by atoms with Gasteiger partial charge in [0.1, 0.15) is 5.82 Å². The zero-order valence-corrected chi connectivity index (χ0v) is 12.0. The van der Waals surface area contributed by atoms with E-state index in [9.17, 15) is 0 Å². The van der Waals surface area contributed by atoms with Crippen LogP contribution >= 0.6 is 23.2 Å². The molecule has 100 valence electrons. The Morgan fingerprint density at radius 2 is 2.00 bits per heavy atom. The fraction of sp³-hybridized carbons (Fsp3) is 0.231. The summed E-state index contributed by atoms with van der Waals surface area (Å²) in [5.74, 6) is 1.30. The van der Waals surface area contributed by atoms with Crippen LogP contribution in [-0.2, 0) is 0 Å². The summed E-state index contributed by atoms with van der Waals surface area (Å²) in [4.78, 5) is 8.49. The van der Waals surface area contributed by atoms with Gasteiger partial charge >= 0.3 is 0 Å². The monoisotopic (exact) mass is 296 g/mol. The molecule has 0 atom stereocenters. The maximum Gasteiger partial charge on any atom is 0.224 e. The third kappa shape index (κ3) is 3.98. The third-order valence-corrected chi connectivity index (χ3v) is 3.12. The molecule has 0 aliphatic heterocycles. The zero-order chi connectivity index (χ0) is 13.7. The van der Waals surface area contributed by atoms with Crippen molar-refractivity contribution in [2.75, 3.05) is 17.2 Å². The van der Waals surface area contributed by atoms with Crippen LogP contribution in [0.15, 0.2) is 30.5 Å². The molecule has 0 saturated heterocycles. The molecule has 1 aromatic heterocycles. The van der Waals surface area contributed by atoms with Crippen LogP contribution in [0.25, 0.3) is 0 Å². The highest BCUT2D eigenvalue weighted by molar-refractivity contribution is 6.42. The summed E-state index contributed by atoms with van der Waals surface area (Å²) >= 11 is 11.8. The Labute approximate surface area is 122 Å². The maximum atomic E-state index is 5.96. The van der Waals surface area contributed by atoms with Crippen LogP contribution in [0.3, 0.4) is 0 Å². The molecular formula is C13H14Cl2N4. The van der Waals surface area contributed by atoms with Crippen LogP contribution in [0.4, 0.5) is 17.5 Å². The number of benzene rings is 1. The van der Waals surface area contributed by atoms with E-state index in [0.717, 1.165) is 18.7 Å². The van der Waals surface area contributed by atoms with Crippen molar-refractivity contribution in [3.05, 3.63) is 40.5 Å². The summed E-state index contributed by atoms with van der Waals surface area (Å²) < 4.78 is 0. The highest BCUT2D eigenvalue weighted by Gasteiger charge is 2.02. The Bertz CT molecular complexity index is 560. The Morgan fingerprint density at radius 3 is 2.74 bits per heavy atom. The summed E-state index contributed by atoms with van der Waals surface area (Å²) in [6, 6.07) is 7.13. The first-order valence-corrected chi connectivity index (χ1v) is 6.73. The first-order valence-electron chi connectivity index (χ1n) is 5.98. The van der Waals surface area contributed by atoms with Gasteiger partial charge in [-0.3, -0.25) is 0 Å². The van der Waals surface area contributed by atoms with Gasteiger partial charge in [-0.25, -0.2) is 4.98 Å². The fourth-order valence-corrected chi connectivity index (χ4v) is 1.77. The van der Waals surface area contributed by atoms with E-state index in [1.165, 1.54) is 0 Å². The van der Waals surface area contributed by atoms with Crippen LogP contribution in [0, 0.1) is 0 Å². The summed E-state index contributed by atoms with van der Waals surface area (Å²) in [7, 11) is 0. The van der Waals surface area contributed by atoms with Crippen molar-refractivity contribution in [1.82, 2.24) is 9.97 Å². The van der Waals surface area contributed by atoms with Gasteiger partial charge in [-0.15, -0.1) is 0 Å². The number of anilines is 3. The number of nitrogens with one attached hydrogen (secondary N) is 2. The van der Waals surface area contributed by atoms with E-state index in [0.29, 0.717) is 21.8 Å². The SMILES string of the molecule is CCCNc1nccc(Nc2ccc(Cl)c(Cl)c2)n1. The lowest BCUT2D eigenvalue weighted by molar-refractivity contribution is 0.953. The Balaban J connectivity index is 2.11. The molecule has 2 N–H and O–H groups in total. The molecule has 1 aromatic carbocycles. The highest BCUT2D eigenvalue weighted by atomic mass is 35.5. The highest BCUT2D eigenvalue weighted by Crippen LogP contribution is 2.26. The van der Waals surface area contributed by atoms with Crippen molar-refractivity contribution >= 4 is 40.7 Å². The van der Waals surface area contributed by atoms with E-state index in [1.54, 1.807) is 24.4 Å². The quantitative estimate of drug-likeness (QED) is 0.861. The lowest BCUT2D eigenvalue weighted by atomic mass is 10.3. The first-order chi connectivity index (χ1) is 9.19. The number of hydrogen-bond donors (Lipinski definition) is 2. The number of aromatic nitrogens is 2. The van der Waals surface area contributed by atoms with E-state index in [4.69, 9.17) is 23.2 Å². The van der Waals surface area contributed by atoms with Gasteiger partial charge in [0, 0.05) is 18.4 Å². The zero-order valence-electron chi connectivity index (χ0n) is 10.5. The Morgan fingerprint density at radius 1 is 1.16 bits per heavy atom. The number of halogens is 2.